The number of ether oxygens (including phenoxy) is 2. The molecule has 1 fully saturated rings. The van der Waals surface area contributed by atoms with Crippen molar-refractivity contribution in [2.45, 2.75) is 25.9 Å². The van der Waals surface area contributed by atoms with Crippen molar-refractivity contribution < 1.29 is 14.3 Å². The van der Waals surface area contributed by atoms with E-state index in [1.165, 1.54) is 0 Å². The van der Waals surface area contributed by atoms with Gasteiger partial charge in [-0.2, -0.15) is 4.98 Å². The number of amides is 1. The maximum atomic E-state index is 11.9. The van der Waals surface area contributed by atoms with Crippen LogP contribution in [0.4, 0.5) is 0 Å². The molecule has 6 nitrogen and oxygen atoms in total. The zero-order valence-electron chi connectivity index (χ0n) is 14.0. The van der Waals surface area contributed by atoms with Crippen LogP contribution >= 0.6 is 11.6 Å². The molecule has 7 heteroatoms. The number of aromatic nitrogens is 2. The van der Waals surface area contributed by atoms with Crippen LogP contribution in [0.15, 0.2) is 30.3 Å². The smallest absolute Gasteiger partial charge is 0.258 e. The summed E-state index contributed by atoms with van der Waals surface area (Å²) in [5.74, 6) is 0.705. The second-order valence-electron chi connectivity index (χ2n) is 5.91. The summed E-state index contributed by atoms with van der Waals surface area (Å²) in [5.41, 5.74) is 1.59. The van der Waals surface area contributed by atoms with Crippen molar-refractivity contribution in [3.05, 3.63) is 41.0 Å². The van der Waals surface area contributed by atoms with Gasteiger partial charge >= 0.3 is 0 Å². The number of rotatable bonds is 6. The van der Waals surface area contributed by atoms with Crippen LogP contribution in [-0.2, 0) is 9.53 Å². The summed E-state index contributed by atoms with van der Waals surface area (Å²) in [7, 11) is 0. The molecule has 0 radical (unpaired) electrons. The maximum absolute atomic E-state index is 11.9. The molecular formula is C18H20ClN3O3. The quantitative estimate of drug-likeness (QED) is 0.856. The Morgan fingerprint density at radius 2 is 2.16 bits per heavy atom. The number of hydrogen-bond acceptors (Lipinski definition) is 5. The van der Waals surface area contributed by atoms with Gasteiger partial charge in [-0.25, -0.2) is 4.98 Å². The first-order chi connectivity index (χ1) is 12.1. The molecule has 2 aromatic rings. The highest BCUT2D eigenvalue weighted by molar-refractivity contribution is 6.30. The fourth-order valence-electron chi connectivity index (χ4n) is 2.57. The molecular weight excluding hydrogens is 342 g/mol. The molecule has 0 bridgehead atoms. The molecule has 0 spiro atoms. The number of benzene rings is 1. The summed E-state index contributed by atoms with van der Waals surface area (Å²) in [4.78, 5) is 20.7. The van der Waals surface area contributed by atoms with E-state index in [1.54, 1.807) is 18.2 Å². The maximum Gasteiger partial charge on any atom is 0.258 e. The zero-order chi connectivity index (χ0) is 17.6. The van der Waals surface area contributed by atoms with Gasteiger partial charge in [-0.1, -0.05) is 11.6 Å². The van der Waals surface area contributed by atoms with Crippen LogP contribution < -0.4 is 10.1 Å². The molecule has 1 atom stereocenters. The Morgan fingerprint density at radius 1 is 1.36 bits per heavy atom. The Hall–Kier alpha value is -2.18. The molecule has 2 heterocycles. The van der Waals surface area contributed by atoms with Gasteiger partial charge in [0.1, 0.15) is 0 Å². The third kappa shape index (κ3) is 5.14. The Labute approximate surface area is 151 Å². The van der Waals surface area contributed by atoms with E-state index in [4.69, 9.17) is 21.1 Å². The second-order valence-corrected chi connectivity index (χ2v) is 6.34. The number of carbonyl (C=O) groups is 1. The van der Waals surface area contributed by atoms with Crippen LogP contribution in [0.1, 0.15) is 18.5 Å². The Kier molecular flexibility index (Phi) is 5.83. The van der Waals surface area contributed by atoms with E-state index < -0.39 is 0 Å². The summed E-state index contributed by atoms with van der Waals surface area (Å²) >= 11 is 5.90. The lowest BCUT2D eigenvalue weighted by molar-refractivity contribution is -0.123. The van der Waals surface area contributed by atoms with Gasteiger partial charge < -0.3 is 14.8 Å². The number of halogens is 1. The number of aryl methyl sites for hydroxylation is 1. The fraction of sp³-hybridized carbons (Fsp3) is 0.389. The van der Waals surface area contributed by atoms with Gasteiger partial charge in [0.05, 0.1) is 6.10 Å². The molecule has 1 aliphatic heterocycles. The van der Waals surface area contributed by atoms with Crippen LogP contribution in [0.2, 0.25) is 5.02 Å². The minimum Gasteiger partial charge on any atom is -0.467 e. The van der Waals surface area contributed by atoms with E-state index in [2.05, 4.69) is 15.3 Å². The Balaban J connectivity index is 1.58. The average molecular weight is 362 g/mol. The van der Waals surface area contributed by atoms with Crippen molar-refractivity contribution in [3.8, 4) is 17.3 Å². The molecule has 1 N–H and O–H groups in total. The van der Waals surface area contributed by atoms with Gasteiger partial charge in [-0.15, -0.1) is 0 Å². The largest absolute Gasteiger partial charge is 0.467 e. The average Bonchev–Trinajstić information content (AvgIpc) is 3.12. The molecule has 0 aliphatic carbocycles. The molecule has 1 aliphatic rings. The zero-order valence-corrected chi connectivity index (χ0v) is 14.8. The van der Waals surface area contributed by atoms with Gasteiger partial charge in [-0.3, -0.25) is 4.79 Å². The summed E-state index contributed by atoms with van der Waals surface area (Å²) in [6.45, 7) is 3.04. The van der Waals surface area contributed by atoms with E-state index in [9.17, 15) is 4.79 Å². The summed E-state index contributed by atoms with van der Waals surface area (Å²) in [5, 5.41) is 3.46. The minimum absolute atomic E-state index is 0.0940. The van der Waals surface area contributed by atoms with E-state index in [0.29, 0.717) is 23.3 Å². The van der Waals surface area contributed by atoms with Crippen molar-refractivity contribution in [1.29, 1.82) is 0 Å². The lowest BCUT2D eigenvalue weighted by Gasteiger charge is -2.11. The highest BCUT2D eigenvalue weighted by Crippen LogP contribution is 2.21. The van der Waals surface area contributed by atoms with Gasteiger partial charge in [0, 0.05) is 35.5 Å². The van der Waals surface area contributed by atoms with Crippen molar-refractivity contribution in [2.24, 2.45) is 0 Å². The molecule has 1 aromatic carbocycles. The Morgan fingerprint density at radius 3 is 2.88 bits per heavy atom. The van der Waals surface area contributed by atoms with Gasteiger partial charge in [0.15, 0.2) is 12.4 Å². The lowest BCUT2D eigenvalue weighted by atomic mass is 10.2. The number of nitrogens with one attached hydrogen (secondary N) is 1. The monoisotopic (exact) mass is 361 g/mol. The van der Waals surface area contributed by atoms with Crippen LogP contribution in [0, 0.1) is 6.92 Å². The van der Waals surface area contributed by atoms with Crippen LogP contribution in [0.25, 0.3) is 11.4 Å². The highest BCUT2D eigenvalue weighted by atomic mass is 35.5. The number of carbonyl (C=O) groups excluding carboxylic acids is 1. The van der Waals surface area contributed by atoms with Gasteiger partial charge in [-0.05, 0) is 44.0 Å². The van der Waals surface area contributed by atoms with Crippen molar-refractivity contribution >= 4 is 17.5 Å². The Bertz CT molecular complexity index is 731. The molecule has 0 saturated carbocycles. The normalized spacial score (nSPS) is 16.6. The number of hydrogen-bond donors (Lipinski definition) is 1. The first-order valence-electron chi connectivity index (χ1n) is 8.23. The van der Waals surface area contributed by atoms with Gasteiger partial charge in [0.2, 0.25) is 5.88 Å². The van der Waals surface area contributed by atoms with Crippen LogP contribution in [0.3, 0.4) is 0 Å². The van der Waals surface area contributed by atoms with Crippen LogP contribution in [-0.4, -0.2) is 41.7 Å². The molecule has 3 rings (SSSR count). The predicted octanol–water partition coefficient (Wildman–Crippen LogP) is 2.78. The summed E-state index contributed by atoms with van der Waals surface area (Å²) < 4.78 is 11.0. The predicted molar refractivity (Wildman–Crippen MR) is 94.7 cm³/mol. The third-order valence-corrected chi connectivity index (χ3v) is 4.09. The SMILES string of the molecule is Cc1cc(OCC(=O)NC[C@H]2CCCO2)nc(-c2ccc(Cl)cc2)n1. The van der Waals surface area contributed by atoms with Crippen LogP contribution in [0.5, 0.6) is 5.88 Å². The topological polar surface area (TPSA) is 73.3 Å². The first kappa shape index (κ1) is 17.6. The summed E-state index contributed by atoms with van der Waals surface area (Å²) in [6.07, 6.45) is 2.14. The van der Waals surface area contributed by atoms with E-state index in [0.717, 1.165) is 30.7 Å². The minimum atomic E-state index is -0.195. The molecule has 0 unspecified atom stereocenters. The number of nitrogens with zero attached hydrogens (tertiary/aromatic N) is 2. The highest BCUT2D eigenvalue weighted by Gasteiger charge is 2.16. The lowest BCUT2D eigenvalue weighted by Crippen LogP contribution is -2.35. The third-order valence-electron chi connectivity index (χ3n) is 3.84. The molecule has 25 heavy (non-hydrogen) atoms. The fourth-order valence-corrected chi connectivity index (χ4v) is 2.69. The molecule has 1 aromatic heterocycles. The molecule has 1 amide bonds. The first-order valence-corrected chi connectivity index (χ1v) is 8.60. The van der Waals surface area contributed by atoms with Gasteiger partial charge in [0.25, 0.3) is 5.91 Å². The van der Waals surface area contributed by atoms with E-state index in [-0.39, 0.29) is 18.6 Å². The summed E-state index contributed by atoms with van der Waals surface area (Å²) in [6, 6.07) is 8.94. The second kappa shape index (κ2) is 8.27. The van der Waals surface area contributed by atoms with E-state index >= 15 is 0 Å². The van der Waals surface area contributed by atoms with Crippen molar-refractivity contribution in [1.82, 2.24) is 15.3 Å². The standard InChI is InChI=1S/C18H20ClN3O3/c1-12-9-17(22-18(21-12)13-4-6-14(19)7-5-13)25-11-16(23)20-10-15-3-2-8-24-15/h4-7,9,15H,2-3,8,10-11H2,1H3,(H,20,23)/t15-/m1/s1. The van der Waals surface area contributed by atoms with E-state index in [1.807, 2.05) is 19.1 Å². The van der Waals surface area contributed by atoms with Crippen molar-refractivity contribution in [3.63, 3.8) is 0 Å². The molecule has 1 saturated heterocycles. The molecule has 132 valence electrons. The van der Waals surface area contributed by atoms with Crippen molar-refractivity contribution in [2.75, 3.05) is 19.8 Å².